The van der Waals surface area contributed by atoms with E-state index in [2.05, 4.69) is 6.92 Å². The highest BCUT2D eigenvalue weighted by atomic mass is 31.2. The molecule has 0 saturated heterocycles. The van der Waals surface area contributed by atoms with Crippen LogP contribution in [0.5, 0.6) is 0 Å². The number of phosphoric ester groups is 1. The molecule has 0 radical (unpaired) electrons. The van der Waals surface area contributed by atoms with E-state index in [1.54, 1.807) is 0 Å². The van der Waals surface area contributed by atoms with Gasteiger partial charge >= 0.3 is 11.9 Å². The topological polar surface area (TPSA) is 128 Å². The second-order valence-corrected chi connectivity index (χ2v) is 11.1. The summed E-state index contributed by atoms with van der Waals surface area (Å²) in [5.41, 5.74) is 0. The van der Waals surface area contributed by atoms with Crippen molar-refractivity contribution < 1.29 is 46.8 Å². The monoisotopic (exact) mass is 523 g/mol. The molecule has 0 fully saturated rings. The molecule has 0 amide bonds. The summed E-state index contributed by atoms with van der Waals surface area (Å²) in [5.74, 6) is -1.08. The third kappa shape index (κ3) is 22.9. The summed E-state index contributed by atoms with van der Waals surface area (Å²) in [4.78, 5) is 46.5. The van der Waals surface area contributed by atoms with Crippen molar-refractivity contribution in [2.75, 3.05) is 47.5 Å². The molecule has 0 rings (SSSR count). The number of quaternary nitrogens is 1. The lowest BCUT2D eigenvalue weighted by Gasteiger charge is -2.28. The second-order valence-electron chi connectivity index (χ2n) is 9.67. The highest BCUT2D eigenvalue weighted by Gasteiger charge is 2.21. The van der Waals surface area contributed by atoms with E-state index in [-0.39, 0.29) is 32.5 Å². The number of unbranched alkanes of at least 4 members (excludes halogenated alkanes) is 8. The molecule has 10 nitrogen and oxygen atoms in total. The molecule has 0 heterocycles. The number of nitrogens with zero attached hydrogens (tertiary/aromatic N) is 1. The van der Waals surface area contributed by atoms with E-state index in [0.29, 0.717) is 30.2 Å². The van der Waals surface area contributed by atoms with Gasteiger partial charge in [0.15, 0.2) is 6.10 Å². The largest absolute Gasteiger partial charge is 0.756 e. The molecule has 0 bridgehead atoms. The van der Waals surface area contributed by atoms with Crippen LogP contribution in [-0.4, -0.2) is 76.3 Å². The normalized spacial score (nSPS) is 14.2. The first kappa shape index (κ1) is 33.7. The zero-order valence-electron chi connectivity index (χ0n) is 22.0. The second kappa shape index (κ2) is 19.8. The maximum absolute atomic E-state index is 12.1. The van der Waals surface area contributed by atoms with Crippen LogP contribution in [0.1, 0.15) is 84.0 Å². The van der Waals surface area contributed by atoms with Crippen LogP contribution in [0.4, 0.5) is 0 Å². The highest BCUT2D eigenvalue weighted by Crippen LogP contribution is 2.38. The zero-order chi connectivity index (χ0) is 26.6. The molecule has 0 spiro atoms. The van der Waals surface area contributed by atoms with Crippen LogP contribution in [0.2, 0.25) is 0 Å². The van der Waals surface area contributed by atoms with Gasteiger partial charge in [0.05, 0.1) is 27.7 Å². The fraction of sp³-hybridized carbons (Fsp3) is 0.875. The zero-order valence-corrected chi connectivity index (χ0v) is 22.9. The lowest BCUT2D eigenvalue weighted by Crippen LogP contribution is -2.37. The summed E-state index contributed by atoms with van der Waals surface area (Å²) in [6.45, 7) is 1.70. The van der Waals surface area contributed by atoms with Gasteiger partial charge < -0.3 is 32.7 Å². The average Bonchev–Trinajstić information content (AvgIpc) is 2.76. The number of aldehydes is 1. The molecule has 0 aliphatic heterocycles. The Kier molecular flexibility index (Phi) is 19.1. The minimum Gasteiger partial charge on any atom is -0.756 e. The van der Waals surface area contributed by atoms with E-state index in [1.807, 2.05) is 21.1 Å². The minimum atomic E-state index is -4.62. The van der Waals surface area contributed by atoms with Gasteiger partial charge in [-0.3, -0.25) is 14.2 Å². The lowest BCUT2D eigenvalue weighted by atomic mass is 10.1. The maximum Gasteiger partial charge on any atom is 0.306 e. The van der Waals surface area contributed by atoms with Gasteiger partial charge in [0.2, 0.25) is 0 Å². The fourth-order valence-corrected chi connectivity index (χ4v) is 3.72. The van der Waals surface area contributed by atoms with Crippen LogP contribution < -0.4 is 4.89 Å². The molecule has 35 heavy (non-hydrogen) atoms. The van der Waals surface area contributed by atoms with Crippen molar-refractivity contribution in [1.29, 1.82) is 0 Å². The van der Waals surface area contributed by atoms with Crippen LogP contribution in [0.25, 0.3) is 0 Å². The average molecular weight is 524 g/mol. The van der Waals surface area contributed by atoms with E-state index in [9.17, 15) is 23.8 Å². The van der Waals surface area contributed by atoms with Crippen molar-refractivity contribution in [2.24, 2.45) is 0 Å². The quantitative estimate of drug-likeness (QED) is 0.0649. The SMILES string of the molecule is CCCCCCCCCCC(=O)OCC(COP(=O)([O-])OCC[N+](C)(C)C)OC(=O)CCCC=O. The van der Waals surface area contributed by atoms with E-state index in [4.69, 9.17) is 18.5 Å². The third-order valence-electron chi connectivity index (χ3n) is 5.10. The number of rotatable bonds is 23. The standard InChI is InChI=1S/C24H46NO9P/c1-5-6-7-8-9-10-11-12-15-23(27)31-20-22(34-24(28)16-13-14-18-26)21-33-35(29,30)32-19-17-25(2,3)4/h18,22H,5-17,19-21H2,1-4H3. The molecule has 0 saturated carbocycles. The van der Waals surface area contributed by atoms with E-state index in [0.717, 1.165) is 19.3 Å². The molecule has 0 aromatic rings. The fourth-order valence-electron chi connectivity index (χ4n) is 2.99. The van der Waals surface area contributed by atoms with Gasteiger partial charge in [-0.15, -0.1) is 0 Å². The first-order valence-corrected chi connectivity index (χ1v) is 14.1. The number of esters is 2. The van der Waals surface area contributed by atoms with E-state index >= 15 is 0 Å². The Hall–Kier alpha value is -1.32. The number of hydrogen-bond donors (Lipinski definition) is 0. The molecule has 11 heteroatoms. The predicted octanol–water partition coefficient (Wildman–Crippen LogP) is 3.55. The van der Waals surface area contributed by atoms with Crippen LogP contribution in [0.3, 0.4) is 0 Å². The molecular weight excluding hydrogens is 477 g/mol. The number of hydrogen-bond acceptors (Lipinski definition) is 9. The molecule has 2 atom stereocenters. The van der Waals surface area contributed by atoms with Crippen LogP contribution in [0.15, 0.2) is 0 Å². The summed E-state index contributed by atoms with van der Waals surface area (Å²) >= 11 is 0. The van der Waals surface area contributed by atoms with E-state index in [1.165, 1.54) is 25.7 Å². The Morgan fingerprint density at radius 1 is 0.886 bits per heavy atom. The summed E-state index contributed by atoms with van der Waals surface area (Å²) in [6, 6.07) is 0. The van der Waals surface area contributed by atoms with Gasteiger partial charge in [-0.25, -0.2) is 0 Å². The highest BCUT2D eigenvalue weighted by molar-refractivity contribution is 7.45. The van der Waals surface area contributed by atoms with Gasteiger partial charge in [0, 0.05) is 19.3 Å². The lowest BCUT2D eigenvalue weighted by molar-refractivity contribution is -0.870. The Morgan fingerprint density at radius 2 is 1.49 bits per heavy atom. The molecule has 0 aromatic carbocycles. The first-order valence-electron chi connectivity index (χ1n) is 12.7. The van der Waals surface area contributed by atoms with Crippen molar-refractivity contribution in [3.63, 3.8) is 0 Å². The Bertz CT molecular complexity index is 637. The molecule has 206 valence electrons. The summed E-state index contributed by atoms with van der Waals surface area (Å²) in [7, 11) is 1.05. The van der Waals surface area contributed by atoms with Gasteiger partial charge in [0.1, 0.15) is 26.0 Å². The summed E-state index contributed by atoms with van der Waals surface area (Å²) in [5, 5.41) is 0. The molecule has 2 unspecified atom stereocenters. The van der Waals surface area contributed by atoms with E-state index < -0.39 is 32.5 Å². The van der Waals surface area contributed by atoms with Crippen molar-refractivity contribution in [2.45, 2.75) is 90.1 Å². The minimum absolute atomic E-state index is 0.0174. The summed E-state index contributed by atoms with van der Waals surface area (Å²) < 4.78 is 32.7. The molecule has 0 N–H and O–H groups in total. The number of ether oxygens (including phenoxy) is 2. The summed E-state index contributed by atoms with van der Waals surface area (Å²) in [6.07, 6.45) is 9.10. The van der Waals surface area contributed by atoms with Crippen LogP contribution in [-0.2, 0) is 37.5 Å². The van der Waals surface area contributed by atoms with Gasteiger partial charge in [-0.05, 0) is 12.8 Å². The maximum atomic E-state index is 12.1. The number of likely N-dealkylation sites (N-methyl/N-ethyl adjacent to an activating group) is 1. The molecule has 0 aromatic heterocycles. The van der Waals surface area contributed by atoms with Crippen LogP contribution in [0, 0.1) is 0 Å². The van der Waals surface area contributed by atoms with Crippen molar-refractivity contribution in [1.82, 2.24) is 0 Å². The number of carbonyl (C=O) groups excluding carboxylic acids is 3. The Balaban J connectivity index is 4.50. The first-order chi connectivity index (χ1) is 16.5. The smallest absolute Gasteiger partial charge is 0.306 e. The van der Waals surface area contributed by atoms with Gasteiger partial charge in [-0.2, -0.15) is 0 Å². The van der Waals surface area contributed by atoms with Crippen LogP contribution >= 0.6 is 7.82 Å². The molecule has 0 aliphatic rings. The van der Waals surface area contributed by atoms with Gasteiger partial charge in [-0.1, -0.05) is 51.9 Å². The molecular formula is C24H46NO9P. The number of phosphoric acid groups is 1. The Morgan fingerprint density at radius 3 is 2.09 bits per heavy atom. The van der Waals surface area contributed by atoms with Crippen molar-refractivity contribution in [3.8, 4) is 0 Å². The van der Waals surface area contributed by atoms with Crippen molar-refractivity contribution >= 4 is 26.0 Å². The molecule has 0 aliphatic carbocycles. The Labute approximate surface area is 210 Å². The third-order valence-corrected chi connectivity index (χ3v) is 6.06. The van der Waals surface area contributed by atoms with Gasteiger partial charge in [0.25, 0.3) is 7.82 Å². The number of carbonyl (C=O) groups is 3. The predicted molar refractivity (Wildman–Crippen MR) is 130 cm³/mol. The van der Waals surface area contributed by atoms with Crippen molar-refractivity contribution in [3.05, 3.63) is 0 Å².